The zero-order chi connectivity index (χ0) is 22.8. The highest BCUT2D eigenvalue weighted by Crippen LogP contribution is 2.28. The van der Waals surface area contributed by atoms with Gasteiger partial charge in [-0.25, -0.2) is 0 Å². The van der Waals surface area contributed by atoms with Crippen LogP contribution in [0.1, 0.15) is 34.6 Å². The molecule has 0 aromatic carbocycles. The molecule has 0 unspecified atom stereocenters. The summed E-state index contributed by atoms with van der Waals surface area (Å²) in [6, 6.07) is 0. The summed E-state index contributed by atoms with van der Waals surface area (Å²) in [6.07, 6.45) is -6.09. The Morgan fingerprint density at radius 3 is 1.80 bits per heavy atom. The van der Waals surface area contributed by atoms with Crippen molar-refractivity contribution >= 4 is 29.8 Å². The maximum atomic E-state index is 11.7. The van der Waals surface area contributed by atoms with Crippen molar-refractivity contribution in [1.82, 2.24) is 5.32 Å². The number of rotatable bonds is 9. The highest BCUT2D eigenvalue weighted by Gasteiger charge is 2.52. The van der Waals surface area contributed by atoms with E-state index in [1.807, 2.05) is 0 Å². The van der Waals surface area contributed by atoms with Crippen molar-refractivity contribution in [2.45, 2.75) is 65.3 Å². The minimum absolute atomic E-state index is 0.152. The van der Waals surface area contributed by atoms with E-state index in [9.17, 15) is 24.0 Å². The van der Waals surface area contributed by atoms with Crippen molar-refractivity contribution in [1.29, 1.82) is 0 Å². The fourth-order valence-corrected chi connectivity index (χ4v) is 2.79. The highest BCUT2D eigenvalue weighted by atomic mass is 16.7. The Balaban J connectivity index is 3.23. The Kier molecular flexibility index (Phi) is 10.2. The zero-order valence-electron chi connectivity index (χ0n) is 17.5. The number of hydrogen-bond acceptors (Lipinski definition) is 12. The molecule has 170 valence electrons. The van der Waals surface area contributed by atoms with Crippen molar-refractivity contribution in [3.05, 3.63) is 0 Å². The van der Waals surface area contributed by atoms with Crippen LogP contribution in [0.25, 0.3) is 0 Å². The van der Waals surface area contributed by atoms with Crippen molar-refractivity contribution in [3.63, 3.8) is 0 Å². The van der Waals surface area contributed by atoms with Gasteiger partial charge in [-0.2, -0.15) is 0 Å². The smallest absolute Gasteiger partial charge is 0.319 e. The average molecular weight is 433 g/mol. The molecule has 1 aliphatic heterocycles. The molecule has 1 heterocycles. The number of carbonyl (C=O) groups excluding carboxylic acids is 5. The van der Waals surface area contributed by atoms with Gasteiger partial charge in [0.2, 0.25) is 0 Å². The molecule has 12 nitrogen and oxygen atoms in total. The molecule has 1 aliphatic rings. The predicted molar refractivity (Wildman–Crippen MR) is 96.6 cm³/mol. The molecule has 1 N–H and O–H groups in total. The zero-order valence-corrected chi connectivity index (χ0v) is 17.5. The van der Waals surface area contributed by atoms with E-state index in [0.29, 0.717) is 0 Å². The Hall–Kier alpha value is -2.73. The van der Waals surface area contributed by atoms with Crippen molar-refractivity contribution < 1.29 is 52.4 Å². The molecule has 0 bridgehead atoms. The molecule has 1 saturated heterocycles. The second kappa shape index (κ2) is 12.1. The molecule has 5 atom stereocenters. The number of nitrogens with one attached hydrogen (secondary N) is 1. The first-order valence-electron chi connectivity index (χ1n) is 9.24. The molecule has 0 saturated carbocycles. The molecule has 0 aromatic rings. The van der Waals surface area contributed by atoms with Crippen LogP contribution in [0.3, 0.4) is 0 Å². The van der Waals surface area contributed by atoms with Gasteiger partial charge in [0.1, 0.15) is 12.7 Å². The van der Waals surface area contributed by atoms with Crippen LogP contribution >= 0.6 is 0 Å². The van der Waals surface area contributed by atoms with Gasteiger partial charge in [0, 0.05) is 27.7 Å². The topological polar surface area (TPSA) is 153 Å². The van der Waals surface area contributed by atoms with Crippen molar-refractivity contribution in [2.24, 2.45) is 0 Å². The van der Waals surface area contributed by atoms with E-state index in [1.54, 1.807) is 6.92 Å². The first kappa shape index (κ1) is 25.3. The van der Waals surface area contributed by atoms with Crippen LogP contribution in [0, 0.1) is 0 Å². The Bertz CT molecular complexity index is 650. The Morgan fingerprint density at radius 1 is 0.767 bits per heavy atom. The predicted octanol–water partition coefficient (Wildman–Crippen LogP) is -0.778. The number of ether oxygens (including phenoxy) is 6. The largest absolute Gasteiger partial charge is 0.465 e. The molecule has 0 aromatic heterocycles. The van der Waals surface area contributed by atoms with Crippen molar-refractivity contribution in [2.75, 3.05) is 19.8 Å². The summed E-state index contributed by atoms with van der Waals surface area (Å²) < 4.78 is 31.3. The van der Waals surface area contributed by atoms with Crippen LogP contribution in [0.5, 0.6) is 0 Å². The normalized spacial score (nSPS) is 25.6. The molecular formula is C18H27NO11. The van der Waals surface area contributed by atoms with Gasteiger partial charge in [0.05, 0.1) is 13.2 Å². The number of carbonyl (C=O) groups is 5. The molecule has 0 spiro atoms. The maximum Gasteiger partial charge on any atom is 0.319 e. The number of esters is 5. The summed E-state index contributed by atoms with van der Waals surface area (Å²) in [4.78, 5) is 57.9. The summed E-state index contributed by atoms with van der Waals surface area (Å²) in [6.45, 7) is 5.65. The van der Waals surface area contributed by atoms with E-state index in [1.165, 1.54) is 6.92 Å². The lowest BCUT2D eigenvalue weighted by Crippen LogP contribution is -2.66. The molecule has 30 heavy (non-hydrogen) atoms. The van der Waals surface area contributed by atoms with Gasteiger partial charge >= 0.3 is 29.8 Å². The van der Waals surface area contributed by atoms with Crippen LogP contribution in [0.2, 0.25) is 0 Å². The van der Waals surface area contributed by atoms with Gasteiger partial charge in [-0.1, -0.05) is 0 Å². The lowest BCUT2D eigenvalue weighted by molar-refractivity contribution is -0.257. The van der Waals surface area contributed by atoms with Crippen molar-refractivity contribution in [3.8, 4) is 0 Å². The SMILES string of the molecule is CCOC(=O)CN[C@@H]1O[C@H](COC(C)=O)[C@@H](OC(C)=O)[C@H](OC(C)=O)[C@H]1OC(C)=O. The second-order valence-electron chi connectivity index (χ2n) is 6.31. The lowest BCUT2D eigenvalue weighted by Gasteiger charge is -2.44. The third-order valence-electron chi connectivity index (χ3n) is 3.74. The van der Waals surface area contributed by atoms with Gasteiger partial charge in [0.15, 0.2) is 24.5 Å². The quantitative estimate of drug-likeness (QED) is 0.358. The first-order chi connectivity index (χ1) is 14.0. The Morgan fingerprint density at radius 2 is 1.30 bits per heavy atom. The molecule has 12 heteroatoms. The van der Waals surface area contributed by atoms with E-state index < -0.39 is 60.5 Å². The van der Waals surface area contributed by atoms with Gasteiger partial charge < -0.3 is 28.4 Å². The summed E-state index contributed by atoms with van der Waals surface area (Å²) in [7, 11) is 0. The molecule has 1 fully saturated rings. The summed E-state index contributed by atoms with van der Waals surface area (Å²) in [5, 5.41) is 2.71. The lowest BCUT2D eigenvalue weighted by atomic mass is 9.97. The van der Waals surface area contributed by atoms with Gasteiger partial charge in [0.25, 0.3) is 0 Å². The van der Waals surface area contributed by atoms with Crippen LogP contribution < -0.4 is 5.32 Å². The fourth-order valence-electron chi connectivity index (χ4n) is 2.79. The second-order valence-corrected chi connectivity index (χ2v) is 6.31. The van der Waals surface area contributed by atoms with Gasteiger partial charge in [-0.05, 0) is 6.92 Å². The van der Waals surface area contributed by atoms with Crippen LogP contribution in [-0.2, 0) is 52.4 Å². The number of hydrogen-bond donors (Lipinski definition) is 1. The molecular weight excluding hydrogens is 406 g/mol. The fraction of sp³-hybridized carbons (Fsp3) is 0.722. The minimum Gasteiger partial charge on any atom is -0.465 e. The maximum absolute atomic E-state index is 11.7. The average Bonchev–Trinajstić information content (AvgIpc) is 2.61. The molecule has 0 aliphatic carbocycles. The molecule has 0 radical (unpaired) electrons. The summed E-state index contributed by atoms with van der Waals surface area (Å²) in [5.74, 6) is -3.43. The van der Waals surface area contributed by atoms with E-state index in [-0.39, 0.29) is 19.8 Å². The highest BCUT2D eigenvalue weighted by molar-refractivity contribution is 5.71. The van der Waals surface area contributed by atoms with Gasteiger partial charge in [-0.3, -0.25) is 29.3 Å². The van der Waals surface area contributed by atoms with E-state index in [4.69, 9.17) is 28.4 Å². The third-order valence-corrected chi connectivity index (χ3v) is 3.74. The van der Waals surface area contributed by atoms with E-state index in [0.717, 1.165) is 20.8 Å². The van der Waals surface area contributed by atoms with Crippen LogP contribution in [0.4, 0.5) is 0 Å². The van der Waals surface area contributed by atoms with E-state index >= 15 is 0 Å². The minimum atomic E-state index is -1.30. The first-order valence-corrected chi connectivity index (χ1v) is 9.24. The van der Waals surface area contributed by atoms with Gasteiger partial charge in [-0.15, -0.1) is 0 Å². The standard InChI is InChI=1S/C18H27NO11/c1-6-25-14(24)7-19-18-17(29-12(5)23)16(28-11(4)22)15(27-10(3)21)13(30-18)8-26-9(2)20/h13,15-19H,6-8H2,1-5H3/t13-,15-,16+,17-,18-/m1/s1. The van der Waals surface area contributed by atoms with Crippen LogP contribution in [-0.4, -0.2) is 80.2 Å². The third kappa shape index (κ3) is 8.33. The van der Waals surface area contributed by atoms with E-state index in [2.05, 4.69) is 5.32 Å². The summed E-state index contributed by atoms with van der Waals surface area (Å²) in [5.41, 5.74) is 0. The summed E-state index contributed by atoms with van der Waals surface area (Å²) >= 11 is 0. The molecule has 0 amide bonds. The monoisotopic (exact) mass is 433 g/mol. The Labute approximate surface area is 173 Å². The van der Waals surface area contributed by atoms with Crippen LogP contribution in [0.15, 0.2) is 0 Å². The molecule has 1 rings (SSSR count).